The van der Waals surface area contributed by atoms with Gasteiger partial charge in [0.2, 0.25) is 5.91 Å². The standard InChI is InChI=1S/C18H20N8O3/c1-2-25-18-16(21-22-25)17(19-12-20-18)24-9-7-23(8-10-24)15(27)11-13-3-5-14(6-4-13)26(28)29/h3-6,12H,2,7-11H2,1H3. The molecule has 1 aromatic carbocycles. The molecule has 3 aromatic rings. The van der Waals surface area contributed by atoms with Crippen molar-refractivity contribution in [3.05, 3.63) is 46.3 Å². The van der Waals surface area contributed by atoms with E-state index < -0.39 is 4.92 Å². The Balaban J connectivity index is 1.40. The van der Waals surface area contributed by atoms with Gasteiger partial charge in [0.15, 0.2) is 17.0 Å². The molecule has 0 aliphatic carbocycles. The molecule has 11 nitrogen and oxygen atoms in total. The summed E-state index contributed by atoms with van der Waals surface area (Å²) in [7, 11) is 0. The van der Waals surface area contributed by atoms with Crippen LogP contribution in [-0.2, 0) is 17.8 Å². The molecule has 1 amide bonds. The third-order valence-corrected chi connectivity index (χ3v) is 5.01. The van der Waals surface area contributed by atoms with Crippen LogP contribution in [0.15, 0.2) is 30.6 Å². The van der Waals surface area contributed by atoms with Gasteiger partial charge in [0, 0.05) is 44.9 Å². The average molecular weight is 396 g/mol. The average Bonchev–Trinajstić information content (AvgIpc) is 3.17. The number of piperazine rings is 1. The molecule has 1 fully saturated rings. The van der Waals surface area contributed by atoms with Gasteiger partial charge < -0.3 is 9.80 Å². The number of aryl methyl sites for hydroxylation is 1. The fraction of sp³-hybridized carbons (Fsp3) is 0.389. The number of carbonyl (C=O) groups excluding carboxylic acids is 1. The Kier molecular flexibility index (Phi) is 5.02. The first-order valence-electron chi connectivity index (χ1n) is 9.37. The van der Waals surface area contributed by atoms with Crippen molar-refractivity contribution in [3.63, 3.8) is 0 Å². The molecule has 0 N–H and O–H groups in total. The van der Waals surface area contributed by atoms with Crippen LogP contribution in [0.2, 0.25) is 0 Å². The van der Waals surface area contributed by atoms with Crippen LogP contribution in [0, 0.1) is 10.1 Å². The van der Waals surface area contributed by atoms with Crippen LogP contribution in [0.3, 0.4) is 0 Å². The molecule has 0 saturated carbocycles. The van der Waals surface area contributed by atoms with Gasteiger partial charge in [0.25, 0.3) is 5.69 Å². The molecule has 1 aliphatic heterocycles. The lowest BCUT2D eigenvalue weighted by Crippen LogP contribution is -2.49. The molecule has 11 heteroatoms. The molecule has 1 saturated heterocycles. The first-order chi connectivity index (χ1) is 14.1. The zero-order valence-corrected chi connectivity index (χ0v) is 15.9. The first-order valence-corrected chi connectivity index (χ1v) is 9.37. The number of fused-ring (bicyclic) bond motifs is 1. The lowest BCUT2D eigenvalue weighted by Gasteiger charge is -2.35. The number of aromatic nitrogens is 5. The normalized spacial score (nSPS) is 14.4. The Morgan fingerprint density at radius 1 is 1.14 bits per heavy atom. The summed E-state index contributed by atoms with van der Waals surface area (Å²) in [5.41, 5.74) is 2.15. The summed E-state index contributed by atoms with van der Waals surface area (Å²) in [6.07, 6.45) is 1.74. The van der Waals surface area contributed by atoms with E-state index in [1.54, 1.807) is 21.7 Å². The number of hydrogen-bond acceptors (Lipinski definition) is 8. The molecular weight excluding hydrogens is 376 g/mol. The monoisotopic (exact) mass is 396 g/mol. The highest BCUT2D eigenvalue weighted by molar-refractivity contribution is 5.83. The van der Waals surface area contributed by atoms with E-state index in [-0.39, 0.29) is 18.0 Å². The van der Waals surface area contributed by atoms with E-state index in [0.29, 0.717) is 43.9 Å². The zero-order chi connectivity index (χ0) is 20.4. The highest BCUT2D eigenvalue weighted by Crippen LogP contribution is 2.22. The van der Waals surface area contributed by atoms with Crippen molar-refractivity contribution in [2.24, 2.45) is 0 Å². The van der Waals surface area contributed by atoms with Crippen molar-refractivity contribution in [1.29, 1.82) is 0 Å². The third kappa shape index (κ3) is 3.71. The summed E-state index contributed by atoms with van der Waals surface area (Å²) in [4.78, 5) is 35.4. The van der Waals surface area contributed by atoms with Crippen molar-refractivity contribution >= 4 is 28.6 Å². The number of amides is 1. The quantitative estimate of drug-likeness (QED) is 0.463. The molecule has 0 unspecified atom stereocenters. The summed E-state index contributed by atoms with van der Waals surface area (Å²) in [6, 6.07) is 6.09. The maximum absolute atomic E-state index is 12.6. The summed E-state index contributed by atoms with van der Waals surface area (Å²) >= 11 is 0. The number of benzene rings is 1. The molecule has 0 bridgehead atoms. The summed E-state index contributed by atoms with van der Waals surface area (Å²) in [5.74, 6) is 0.737. The van der Waals surface area contributed by atoms with Gasteiger partial charge in [-0.3, -0.25) is 14.9 Å². The Bertz CT molecular complexity index is 1040. The van der Waals surface area contributed by atoms with Gasteiger partial charge >= 0.3 is 0 Å². The van der Waals surface area contributed by atoms with Gasteiger partial charge in [-0.1, -0.05) is 17.3 Å². The Morgan fingerprint density at radius 2 is 1.86 bits per heavy atom. The second kappa shape index (κ2) is 7.78. The van der Waals surface area contributed by atoms with E-state index in [9.17, 15) is 14.9 Å². The predicted molar refractivity (Wildman–Crippen MR) is 104 cm³/mol. The number of nitrogens with zero attached hydrogens (tertiary/aromatic N) is 8. The van der Waals surface area contributed by atoms with Crippen LogP contribution in [0.5, 0.6) is 0 Å². The maximum atomic E-state index is 12.6. The molecule has 0 radical (unpaired) electrons. The fourth-order valence-corrected chi connectivity index (χ4v) is 3.41. The number of non-ortho nitro benzene ring substituents is 1. The van der Waals surface area contributed by atoms with Crippen molar-refractivity contribution in [3.8, 4) is 0 Å². The van der Waals surface area contributed by atoms with Crippen molar-refractivity contribution in [2.45, 2.75) is 19.9 Å². The topological polar surface area (TPSA) is 123 Å². The minimum absolute atomic E-state index is 0.00302. The molecule has 4 rings (SSSR count). The molecule has 3 heterocycles. The Hall–Kier alpha value is -3.63. The van der Waals surface area contributed by atoms with Crippen molar-refractivity contribution in [1.82, 2.24) is 29.9 Å². The van der Waals surface area contributed by atoms with Crippen molar-refractivity contribution in [2.75, 3.05) is 31.1 Å². The lowest BCUT2D eigenvalue weighted by molar-refractivity contribution is -0.384. The van der Waals surface area contributed by atoms with E-state index in [1.165, 1.54) is 18.5 Å². The van der Waals surface area contributed by atoms with E-state index in [2.05, 4.69) is 25.2 Å². The van der Waals surface area contributed by atoms with E-state index in [0.717, 1.165) is 11.4 Å². The number of anilines is 1. The molecule has 0 atom stereocenters. The van der Waals surface area contributed by atoms with Gasteiger partial charge in [-0.2, -0.15) is 0 Å². The van der Waals surface area contributed by atoms with Crippen LogP contribution in [-0.4, -0.2) is 66.9 Å². The lowest BCUT2D eigenvalue weighted by atomic mass is 10.1. The van der Waals surface area contributed by atoms with E-state index in [1.807, 2.05) is 6.92 Å². The number of rotatable bonds is 5. The minimum atomic E-state index is -0.450. The molecule has 0 spiro atoms. The van der Waals surface area contributed by atoms with Crippen LogP contribution in [0.4, 0.5) is 11.5 Å². The third-order valence-electron chi connectivity index (χ3n) is 5.01. The molecule has 29 heavy (non-hydrogen) atoms. The Morgan fingerprint density at radius 3 is 2.52 bits per heavy atom. The van der Waals surface area contributed by atoms with Gasteiger partial charge in [0.05, 0.1) is 11.3 Å². The molecule has 2 aromatic heterocycles. The summed E-state index contributed by atoms with van der Waals surface area (Å²) in [6.45, 7) is 5.07. The van der Waals surface area contributed by atoms with Gasteiger partial charge in [-0.05, 0) is 12.5 Å². The zero-order valence-electron chi connectivity index (χ0n) is 15.9. The molecule has 1 aliphatic rings. The van der Waals surface area contributed by atoms with Crippen LogP contribution >= 0.6 is 0 Å². The van der Waals surface area contributed by atoms with Crippen LogP contribution < -0.4 is 4.90 Å². The predicted octanol–water partition coefficient (Wildman–Crippen LogP) is 1.04. The van der Waals surface area contributed by atoms with Crippen LogP contribution in [0.1, 0.15) is 12.5 Å². The summed E-state index contributed by atoms with van der Waals surface area (Å²) < 4.78 is 1.73. The van der Waals surface area contributed by atoms with Crippen LogP contribution in [0.25, 0.3) is 11.2 Å². The number of carbonyl (C=O) groups is 1. The SMILES string of the molecule is CCn1nnc2c(N3CCN(C(=O)Cc4ccc([N+](=O)[O-])cc4)CC3)ncnc21. The fourth-order valence-electron chi connectivity index (χ4n) is 3.41. The first kappa shape index (κ1) is 18.7. The second-order valence-corrected chi connectivity index (χ2v) is 6.74. The molecule has 150 valence electrons. The highest BCUT2D eigenvalue weighted by atomic mass is 16.6. The van der Waals surface area contributed by atoms with E-state index in [4.69, 9.17) is 0 Å². The minimum Gasteiger partial charge on any atom is -0.351 e. The molecular formula is C18H20N8O3. The Labute approximate surface area is 166 Å². The maximum Gasteiger partial charge on any atom is 0.269 e. The smallest absolute Gasteiger partial charge is 0.269 e. The largest absolute Gasteiger partial charge is 0.351 e. The number of nitro groups is 1. The van der Waals surface area contributed by atoms with Gasteiger partial charge in [-0.15, -0.1) is 5.10 Å². The summed E-state index contributed by atoms with van der Waals surface area (Å²) in [5, 5.41) is 19.1. The van der Waals surface area contributed by atoms with Crippen molar-refractivity contribution < 1.29 is 9.72 Å². The number of hydrogen-bond donors (Lipinski definition) is 0. The van der Waals surface area contributed by atoms with Gasteiger partial charge in [-0.25, -0.2) is 14.6 Å². The second-order valence-electron chi connectivity index (χ2n) is 6.74. The van der Waals surface area contributed by atoms with Gasteiger partial charge in [0.1, 0.15) is 6.33 Å². The number of nitro benzene ring substituents is 1. The highest BCUT2D eigenvalue weighted by Gasteiger charge is 2.24. The van der Waals surface area contributed by atoms with E-state index >= 15 is 0 Å².